The van der Waals surface area contributed by atoms with Crippen LogP contribution < -0.4 is 4.90 Å². The van der Waals surface area contributed by atoms with Crippen molar-refractivity contribution in [1.29, 1.82) is 0 Å². The van der Waals surface area contributed by atoms with Crippen LogP contribution in [0.4, 0.5) is 5.82 Å². The number of furan rings is 1. The minimum absolute atomic E-state index is 0.192. The van der Waals surface area contributed by atoms with Gasteiger partial charge in [-0.05, 0) is 19.1 Å². The SMILES string of the molecule is Cc1cc(N2CCN(C(=O)CCc3ccco3)CC2)nc(C(C)C)n1. The highest BCUT2D eigenvalue weighted by Crippen LogP contribution is 2.19. The quantitative estimate of drug-likeness (QED) is 0.836. The van der Waals surface area contributed by atoms with Crippen molar-refractivity contribution in [2.45, 2.75) is 39.5 Å². The molecule has 0 unspecified atom stereocenters. The lowest BCUT2D eigenvalue weighted by Crippen LogP contribution is -2.49. The van der Waals surface area contributed by atoms with Crippen LogP contribution in [0.1, 0.15) is 43.5 Å². The van der Waals surface area contributed by atoms with Crippen LogP contribution >= 0.6 is 0 Å². The molecule has 0 radical (unpaired) electrons. The third-order valence-corrected chi connectivity index (χ3v) is 4.50. The number of aromatic nitrogens is 2. The number of hydrogen-bond donors (Lipinski definition) is 0. The molecule has 0 aromatic carbocycles. The van der Waals surface area contributed by atoms with Crippen LogP contribution in [-0.2, 0) is 11.2 Å². The van der Waals surface area contributed by atoms with Crippen molar-refractivity contribution in [3.8, 4) is 0 Å². The molecule has 25 heavy (non-hydrogen) atoms. The Bertz CT molecular complexity index is 704. The third-order valence-electron chi connectivity index (χ3n) is 4.50. The first-order valence-electron chi connectivity index (χ1n) is 8.93. The maximum absolute atomic E-state index is 12.4. The Morgan fingerprint density at radius 2 is 2.00 bits per heavy atom. The van der Waals surface area contributed by atoms with Crippen molar-refractivity contribution in [3.05, 3.63) is 41.7 Å². The highest BCUT2D eigenvalue weighted by atomic mass is 16.3. The van der Waals surface area contributed by atoms with E-state index in [2.05, 4.69) is 23.7 Å². The van der Waals surface area contributed by atoms with Crippen LogP contribution in [-0.4, -0.2) is 47.0 Å². The number of amides is 1. The molecular formula is C19H26N4O2. The van der Waals surface area contributed by atoms with E-state index in [-0.39, 0.29) is 5.91 Å². The molecular weight excluding hydrogens is 316 g/mol. The molecule has 0 N–H and O–H groups in total. The summed E-state index contributed by atoms with van der Waals surface area (Å²) in [6, 6.07) is 5.79. The lowest BCUT2D eigenvalue weighted by atomic mass is 10.2. The van der Waals surface area contributed by atoms with Crippen molar-refractivity contribution in [2.75, 3.05) is 31.1 Å². The fraction of sp³-hybridized carbons (Fsp3) is 0.526. The zero-order chi connectivity index (χ0) is 17.8. The average molecular weight is 342 g/mol. The summed E-state index contributed by atoms with van der Waals surface area (Å²) in [4.78, 5) is 25.8. The maximum Gasteiger partial charge on any atom is 0.223 e. The van der Waals surface area contributed by atoms with Gasteiger partial charge in [0, 0.05) is 56.7 Å². The molecule has 2 aromatic rings. The predicted molar refractivity (Wildman–Crippen MR) is 96.7 cm³/mol. The molecule has 0 spiro atoms. The van der Waals surface area contributed by atoms with Gasteiger partial charge in [0.1, 0.15) is 17.4 Å². The van der Waals surface area contributed by atoms with E-state index < -0.39 is 0 Å². The van der Waals surface area contributed by atoms with E-state index in [1.807, 2.05) is 30.0 Å². The van der Waals surface area contributed by atoms with Gasteiger partial charge in [-0.3, -0.25) is 4.79 Å². The summed E-state index contributed by atoms with van der Waals surface area (Å²) >= 11 is 0. The van der Waals surface area contributed by atoms with Crippen LogP contribution in [0.3, 0.4) is 0 Å². The van der Waals surface area contributed by atoms with Crippen molar-refractivity contribution in [1.82, 2.24) is 14.9 Å². The van der Waals surface area contributed by atoms with Gasteiger partial charge in [-0.15, -0.1) is 0 Å². The Balaban J connectivity index is 1.55. The number of nitrogens with zero attached hydrogens (tertiary/aromatic N) is 4. The number of anilines is 1. The normalized spacial score (nSPS) is 15.0. The van der Waals surface area contributed by atoms with Crippen LogP contribution in [0, 0.1) is 6.92 Å². The lowest BCUT2D eigenvalue weighted by Gasteiger charge is -2.35. The second kappa shape index (κ2) is 7.68. The first-order chi connectivity index (χ1) is 12.0. The summed E-state index contributed by atoms with van der Waals surface area (Å²) in [6.45, 7) is 9.29. The number of carbonyl (C=O) groups excluding carboxylic acids is 1. The van der Waals surface area contributed by atoms with Gasteiger partial charge >= 0.3 is 0 Å². The molecule has 1 amide bonds. The van der Waals surface area contributed by atoms with E-state index in [1.165, 1.54) is 0 Å². The van der Waals surface area contributed by atoms with Gasteiger partial charge in [-0.1, -0.05) is 13.8 Å². The van der Waals surface area contributed by atoms with Crippen LogP contribution in [0.15, 0.2) is 28.9 Å². The van der Waals surface area contributed by atoms with E-state index in [4.69, 9.17) is 9.40 Å². The molecule has 0 atom stereocenters. The minimum atomic E-state index is 0.192. The minimum Gasteiger partial charge on any atom is -0.469 e. The third kappa shape index (κ3) is 4.38. The van der Waals surface area contributed by atoms with E-state index in [0.29, 0.717) is 18.8 Å². The predicted octanol–water partition coefficient (Wildman–Crippen LogP) is 2.78. The highest BCUT2D eigenvalue weighted by Gasteiger charge is 2.22. The monoisotopic (exact) mass is 342 g/mol. The topological polar surface area (TPSA) is 62.5 Å². The van der Waals surface area contributed by atoms with Gasteiger partial charge in [-0.25, -0.2) is 9.97 Å². The van der Waals surface area contributed by atoms with Crippen LogP contribution in [0.2, 0.25) is 0 Å². The van der Waals surface area contributed by atoms with Gasteiger partial charge in [-0.2, -0.15) is 0 Å². The molecule has 2 aromatic heterocycles. The molecule has 1 saturated heterocycles. The molecule has 0 saturated carbocycles. The number of aryl methyl sites for hydroxylation is 2. The zero-order valence-electron chi connectivity index (χ0n) is 15.2. The van der Waals surface area contributed by atoms with E-state index >= 15 is 0 Å². The summed E-state index contributed by atoms with van der Waals surface area (Å²) in [5, 5.41) is 0. The van der Waals surface area contributed by atoms with Crippen LogP contribution in [0.25, 0.3) is 0 Å². The first-order valence-corrected chi connectivity index (χ1v) is 8.93. The highest BCUT2D eigenvalue weighted by molar-refractivity contribution is 5.76. The second-order valence-electron chi connectivity index (χ2n) is 6.83. The molecule has 0 bridgehead atoms. The molecule has 3 heterocycles. The molecule has 3 rings (SSSR count). The number of carbonyl (C=O) groups is 1. The number of rotatable bonds is 5. The zero-order valence-corrected chi connectivity index (χ0v) is 15.2. The maximum atomic E-state index is 12.4. The fourth-order valence-corrected chi connectivity index (χ4v) is 3.02. The molecule has 6 heteroatoms. The Morgan fingerprint density at radius 1 is 1.24 bits per heavy atom. The summed E-state index contributed by atoms with van der Waals surface area (Å²) in [7, 11) is 0. The van der Waals surface area contributed by atoms with Gasteiger partial charge < -0.3 is 14.2 Å². The Kier molecular flexibility index (Phi) is 5.36. The van der Waals surface area contributed by atoms with E-state index in [1.54, 1.807) is 6.26 Å². The second-order valence-corrected chi connectivity index (χ2v) is 6.83. The Hall–Kier alpha value is -2.37. The lowest BCUT2D eigenvalue weighted by molar-refractivity contribution is -0.131. The molecule has 0 aliphatic carbocycles. The average Bonchev–Trinajstić information content (AvgIpc) is 3.13. The van der Waals surface area contributed by atoms with E-state index in [9.17, 15) is 4.79 Å². The largest absolute Gasteiger partial charge is 0.469 e. The van der Waals surface area contributed by atoms with Crippen molar-refractivity contribution < 1.29 is 9.21 Å². The Labute approximate surface area is 148 Å². The van der Waals surface area contributed by atoms with E-state index in [0.717, 1.165) is 49.3 Å². The molecule has 1 fully saturated rings. The summed E-state index contributed by atoms with van der Waals surface area (Å²) < 4.78 is 5.29. The van der Waals surface area contributed by atoms with Crippen molar-refractivity contribution in [2.24, 2.45) is 0 Å². The molecule has 134 valence electrons. The van der Waals surface area contributed by atoms with Gasteiger partial charge in [0.2, 0.25) is 5.91 Å². The van der Waals surface area contributed by atoms with Crippen LogP contribution in [0.5, 0.6) is 0 Å². The van der Waals surface area contributed by atoms with Crippen molar-refractivity contribution >= 4 is 11.7 Å². The summed E-state index contributed by atoms with van der Waals surface area (Å²) in [5.41, 5.74) is 0.991. The smallest absolute Gasteiger partial charge is 0.223 e. The summed E-state index contributed by atoms with van der Waals surface area (Å²) in [5.74, 6) is 3.22. The van der Waals surface area contributed by atoms with Gasteiger partial charge in [0.25, 0.3) is 0 Å². The fourth-order valence-electron chi connectivity index (χ4n) is 3.02. The summed E-state index contributed by atoms with van der Waals surface area (Å²) in [6.07, 6.45) is 2.81. The first kappa shape index (κ1) is 17.5. The van der Waals surface area contributed by atoms with Crippen molar-refractivity contribution in [3.63, 3.8) is 0 Å². The number of piperazine rings is 1. The van der Waals surface area contributed by atoms with Gasteiger partial charge in [0.05, 0.1) is 6.26 Å². The van der Waals surface area contributed by atoms with Gasteiger partial charge in [0.15, 0.2) is 0 Å². The molecule has 1 aliphatic heterocycles. The number of hydrogen-bond acceptors (Lipinski definition) is 5. The molecule has 6 nitrogen and oxygen atoms in total. The standard InChI is InChI=1S/C19H26N4O2/c1-14(2)19-20-15(3)13-17(21-19)22-8-10-23(11-9-22)18(24)7-6-16-5-4-12-25-16/h4-5,12-14H,6-11H2,1-3H3. The Morgan fingerprint density at radius 3 is 2.64 bits per heavy atom. The molecule has 1 aliphatic rings.